The highest BCUT2D eigenvalue weighted by Crippen LogP contribution is 2.46. The van der Waals surface area contributed by atoms with Crippen molar-refractivity contribution >= 4 is 67.7 Å². The van der Waals surface area contributed by atoms with Crippen LogP contribution in [0, 0.1) is 0 Å². The molecule has 2 aliphatic heterocycles. The number of aromatic nitrogens is 1. The molecule has 2 aliphatic rings. The van der Waals surface area contributed by atoms with Crippen molar-refractivity contribution < 1.29 is 0 Å². The van der Waals surface area contributed by atoms with E-state index < -0.39 is 8.07 Å². The molecule has 0 fully saturated rings. The van der Waals surface area contributed by atoms with Gasteiger partial charge >= 0.3 is 0 Å². The third kappa shape index (κ3) is 5.20. The lowest BCUT2D eigenvalue weighted by atomic mass is 10.0. The predicted molar refractivity (Wildman–Crippen MR) is 241 cm³/mol. The highest BCUT2D eigenvalue weighted by Gasteiger charge is 2.42. The minimum absolute atomic E-state index is 1.10. The summed E-state index contributed by atoms with van der Waals surface area (Å²) in [7, 11) is -2.86. The molecule has 0 saturated heterocycles. The van der Waals surface area contributed by atoms with Gasteiger partial charge in [-0.15, -0.1) is 0 Å². The van der Waals surface area contributed by atoms with Crippen LogP contribution in [-0.2, 0) is 0 Å². The molecular formula is C52H38N4Si. The van der Waals surface area contributed by atoms with Crippen LogP contribution in [0.25, 0.3) is 38.6 Å². The summed E-state index contributed by atoms with van der Waals surface area (Å²) in [4.78, 5) is 0. The maximum Gasteiger partial charge on any atom is 0.179 e. The van der Waals surface area contributed by atoms with Gasteiger partial charge in [-0.25, -0.2) is 10.0 Å². The number of anilines is 3. The second kappa shape index (κ2) is 13.4. The zero-order valence-electron chi connectivity index (χ0n) is 31.2. The number of fused-ring (bicyclic) bond motifs is 6. The lowest BCUT2D eigenvalue weighted by molar-refractivity contribution is 0.408. The zero-order valence-corrected chi connectivity index (χ0v) is 32.2. The molecule has 270 valence electrons. The molecule has 0 saturated carbocycles. The molecule has 0 bridgehead atoms. The molecule has 0 aliphatic carbocycles. The van der Waals surface area contributed by atoms with E-state index in [2.05, 4.69) is 251 Å². The van der Waals surface area contributed by atoms with Crippen molar-refractivity contribution in [3.8, 4) is 16.8 Å². The minimum atomic E-state index is -2.86. The zero-order chi connectivity index (χ0) is 37.8. The molecule has 57 heavy (non-hydrogen) atoms. The van der Waals surface area contributed by atoms with E-state index in [0.717, 1.165) is 22.7 Å². The molecular weight excluding hydrogens is 709 g/mol. The van der Waals surface area contributed by atoms with Crippen LogP contribution in [0.15, 0.2) is 231 Å². The number of benzene rings is 8. The Balaban J connectivity index is 1.19. The molecule has 3 heterocycles. The van der Waals surface area contributed by atoms with Crippen LogP contribution in [0.4, 0.5) is 17.1 Å². The van der Waals surface area contributed by atoms with Gasteiger partial charge in [0.25, 0.3) is 0 Å². The first-order valence-corrected chi connectivity index (χ1v) is 21.5. The van der Waals surface area contributed by atoms with Crippen molar-refractivity contribution in [3.05, 3.63) is 231 Å². The fraction of sp³-hybridized carbons (Fsp3) is 0. The van der Waals surface area contributed by atoms with Gasteiger partial charge in [-0.05, 0) is 92.6 Å². The van der Waals surface area contributed by atoms with E-state index in [-0.39, 0.29) is 0 Å². The van der Waals surface area contributed by atoms with Gasteiger partial charge in [0.1, 0.15) is 0 Å². The van der Waals surface area contributed by atoms with E-state index in [0.29, 0.717) is 0 Å². The Hall–Kier alpha value is -7.34. The summed E-state index contributed by atoms with van der Waals surface area (Å²) in [6.45, 7) is 0. The monoisotopic (exact) mass is 746 g/mol. The number of hydrogen-bond donors (Lipinski definition) is 0. The summed E-state index contributed by atoms with van der Waals surface area (Å²) in [5.41, 5.74) is 9.27. The molecule has 9 aromatic rings. The van der Waals surface area contributed by atoms with Crippen LogP contribution in [-0.4, -0.2) is 17.8 Å². The van der Waals surface area contributed by atoms with E-state index in [1.54, 1.807) is 0 Å². The second-order valence-corrected chi connectivity index (χ2v) is 18.5. The molecule has 11 rings (SSSR count). The van der Waals surface area contributed by atoms with Crippen molar-refractivity contribution in [2.24, 2.45) is 0 Å². The summed E-state index contributed by atoms with van der Waals surface area (Å²) < 4.78 is 2.48. The summed E-state index contributed by atoms with van der Waals surface area (Å²) in [5, 5.41) is 14.5. The van der Waals surface area contributed by atoms with Crippen LogP contribution in [0.3, 0.4) is 0 Å². The van der Waals surface area contributed by atoms with Crippen molar-refractivity contribution in [3.63, 3.8) is 0 Å². The van der Waals surface area contributed by atoms with Crippen molar-refractivity contribution in [1.29, 1.82) is 0 Å². The third-order valence-electron chi connectivity index (χ3n) is 11.6. The van der Waals surface area contributed by atoms with Crippen LogP contribution < -0.4 is 30.8 Å². The van der Waals surface area contributed by atoms with Gasteiger partial charge in [-0.1, -0.05) is 158 Å². The average Bonchev–Trinajstić information content (AvgIpc) is 3.81. The quantitative estimate of drug-likeness (QED) is 0.119. The summed E-state index contributed by atoms with van der Waals surface area (Å²) in [6, 6.07) is 76.2. The Morgan fingerprint density at radius 2 is 0.912 bits per heavy atom. The van der Waals surface area contributed by atoms with Crippen LogP contribution >= 0.6 is 0 Å². The molecule has 0 atom stereocenters. The first kappa shape index (κ1) is 33.0. The number of para-hydroxylation sites is 3. The molecule has 0 amide bonds. The van der Waals surface area contributed by atoms with Gasteiger partial charge in [0, 0.05) is 28.9 Å². The van der Waals surface area contributed by atoms with Crippen molar-refractivity contribution in [2.75, 3.05) is 10.0 Å². The number of nitrogens with zero attached hydrogens (tertiary/aromatic N) is 4. The average molecular weight is 747 g/mol. The van der Waals surface area contributed by atoms with E-state index >= 15 is 0 Å². The van der Waals surface area contributed by atoms with Crippen LogP contribution in [0.5, 0.6) is 0 Å². The van der Waals surface area contributed by atoms with E-state index in [1.807, 2.05) is 0 Å². The van der Waals surface area contributed by atoms with Gasteiger partial charge < -0.3 is 4.57 Å². The molecule has 0 unspecified atom stereocenters. The highest BCUT2D eigenvalue weighted by atomic mass is 28.3. The molecule has 5 heteroatoms. The molecule has 8 aromatic carbocycles. The van der Waals surface area contributed by atoms with Gasteiger partial charge in [-0.3, -0.25) is 0 Å². The van der Waals surface area contributed by atoms with Gasteiger partial charge in [0.2, 0.25) is 0 Å². The molecule has 0 N–H and O–H groups in total. The van der Waals surface area contributed by atoms with E-state index in [4.69, 9.17) is 0 Å². The molecule has 0 spiro atoms. The largest absolute Gasteiger partial charge is 0.309 e. The lowest BCUT2D eigenvalue weighted by Gasteiger charge is -2.35. The Kier molecular flexibility index (Phi) is 7.79. The maximum atomic E-state index is 2.49. The van der Waals surface area contributed by atoms with Crippen molar-refractivity contribution in [1.82, 2.24) is 9.69 Å². The van der Waals surface area contributed by atoms with Gasteiger partial charge in [0.05, 0.1) is 28.1 Å². The Morgan fingerprint density at radius 3 is 1.60 bits per heavy atom. The summed E-state index contributed by atoms with van der Waals surface area (Å²) >= 11 is 0. The maximum absolute atomic E-state index is 2.86. The number of rotatable bonds is 7. The van der Waals surface area contributed by atoms with Crippen LogP contribution in [0.1, 0.15) is 0 Å². The second-order valence-electron chi connectivity index (χ2n) is 14.7. The summed E-state index contributed by atoms with van der Waals surface area (Å²) in [5.74, 6) is 0. The summed E-state index contributed by atoms with van der Waals surface area (Å²) in [6.07, 6.45) is 8.40. The Bertz CT molecular complexity index is 2880. The Labute approximate surface area is 333 Å². The van der Waals surface area contributed by atoms with Gasteiger partial charge in [0.15, 0.2) is 8.07 Å². The SMILES string of the molecule is C1=CN2c3ccccc3N(c3ccc4c(c3)c3ccccc3n4-c3cc(-c4ccccc4)cc([Si](c4ccccc4)(c4ccccc4)c4ccccc4)c3)N2C=C1. The molecule has 1 aromatic heterocycles. The van der Waals surface area contributed by atoms with E-state index in [1.165, 1.54) is 53.7 Å². The topological polar surface area (TPSA) is 14.7 Å². The number of hydrazine groups is 2. The Morgan fingerprint density at radius 1 is 0.351 bits per heavy atom. The first-order valence-electron chi connectivity index (χ1n) is 19.5. The normalized spacial score (nSPS) is 13.4. The van der Waals surface area contributed by atoms with Crippen LogP contribution in [0.2, 0.25) is 0 Å². The van der Waals surface area contributed by atoms with E-state index in [9.17, 15) is 0 Å². The van der Waals surface area contributed by atoms with Crippen molar-refractivity contribution in [2.45, 2.75) is 0 Å². The smallest absolute Gasteiger partial charge is 0.179 e. The fourth-order valence-electron chi connectivity index (χ4n) is 9.15. The molecule has 4 nitrogen and oxygen atoms in total. The standard InChI is InChI=1S/C52H38N4Si/c1-5-19-39(20-6-1)40-35-42(37-46(36-40)57(43-21-7-2-8-22-43,44-23-9-3-10-24-44)45-25-11-4-12-26-45)55-49-28-14-13-27-47(49)48-38-41(31-32-50(48)55)56-52-30-16-15-29-51(52)53-33-17-18-34-54(53)56/h1-38H. The minimum Gasteiger partial charge on any atom is -0.309 e. The fourth-order valence-corrected chi connectivity index (χ4v) is 14.0. The van der Waals surface area contributed by atoms with Gasteiger partial charge in [-0.2, -0.15) is 5.12 Å². The first-order chi connectivity index (χ1) is 28.3. The predicted octanol–water partition coefficient (Wildman–Crippen LogP) is 9.96. The highest BCUT2D eigenvalue weighted by molar-refractivity contribution is 7.20. The molecule has 0 radical (unpaired) electrons. The number of allylic oxidation sites excluding steroid dienone is 2. The number of hydrogen-bond acceptors (Lipinski definition) is 3. The lowest BCUT2D eigenvalue weighted by Crippen LogP contribution is -2.74. The third-order valence-corrected chi connectivity index (χ3v) is 16.3.